The second-order valence-corrected chi connectivity index (χ2v) is 11.1. The molecular formula is C40H29N5O4. The molecule has 0 aliphatic heterocycles. The van der Waals surface area contributed by atoms with Crippen LogP contribution in [0.3, 0.4) is 0 Å². The number of hydrogen-bond acceptors (Lipinski definition) is 8. The van der Waals surface area contributed by atoms with Crippen LogP contribution in [-0.4, -0.2) is 24.5 Å². The average Bonchev–Trinajstić information content (AvgIpc) is 3.44. The fourth-order valence-electron chi connectivity index (χ4n) is 5.51. The number of aryl methyl sites for hydroxylation is 2. The van der Waals surface area contributed by atoms with E-state index in [9.17, 15) is 0 Å². The second kappa shape index (κ2) is 12.8. The van der Waals surface area contributed by atoms with Gasteiger partial charge in [-0.1, -0.05) is 24.3 Å². The highest BCUT2D eigenvalue weighted by Gasteiger charge is 2.19. The van der Waals surface area contributed by atoms with E-state index in [0.29, 0.717) is 62.9 Å². The van der Waals surface area contributed by atoms with E-state index in [4.69, 9.17) is 23.1 Å². The Labute approximate surface area is 286 Å². The van der Waals surface area contributed by atoms with E-state index < -0.39 is 6.85 Å². The molecule has 0 aliphatic rings. The van der Waals surface area contributed by atoms with E-state index in [0.717, 1.165) is 10.9 Å². The van der Waals surface area contributed by atoms with Gasteiger partial charge in [-0.25, -0.2) is 19.9 Å². The van der Waals surface area contributed by atoms with Crippen LogP contribution in [0.4, 0.5) is 0 Å². The first-order chi connectivity index (χ1) is 25.3. The summed E-state index contributed by atoms with van der Waals surface area (Å²) in [5.41, 5.74) is 2.23. The van der Waals surface area contributed by atoms with Gasteiger partial charge in [0.25, 0.3) is 0 Å². The normalized spacial score (nSPS) is 12.2. The van der Waals surface area contributed by atoms with Crippen molar-refractivity contribution in [2.75, 3.05) is 0 Å². The van der Waals surface area contributed by atoms with Gasteiger partial charge in [0.2, 0.25) is 17.7 Å². The summed E-state index contributed by atoms with van der Waals surface area (Å²) in [5.74, 6) is 4.01. The van der Waals surface area contributed by atoms with E-state index in [-0.39, 0.29) is 11.3 Å². The summed E-state index contributed by atoms with van der Waals surface area (Å²) < 4.78 is 51.9. The van der Waals surface area contributed by atoms with Crippen LogP contribution in [-0.2, 0) is 0 Å². The third kappa shape index (κ3) is 6.20. The first kappa shape index (κ1) is 26.3. The zero-order valence-corrected chi connectivity index (χ0v) is 26.1. The van der Waals surface area contributed by atoms with Crippen molar-refractivity contribution in [2.45, 2.75) is 13.8 Å². The highest BCUT2D eigenvalue weighted by molar-refractivity contribution is 6.10. The summed E-state index contributed by atoms with van der Waals surface area (Å²) in [4.78, 5) is 17.6. The number of fused-ring (bicyclic) bond motifs is 3. The van der Waals surface area contributed by atoms with Gasteiger partial charge in [-0.3, -0.25) is 4.57 Å². The molecule has 4 heterocycles. The van der Waals surface area contributed by atoms with Crippen molar-refractivity contribution in [3.8, 4) is 52.2 Å². The minimum absolute atomic E-state index is 0.0479. The summed E-state index contributed by atoms with van der Waals surface area (Å²) in [6, 6.07) is 34.1. The number of ether oxygens (including phenoxy) is 4. The fourth-order valence-corrected chi connectivity index (χ4v) is 5.51. The monoisotopic (exact) mass is 646 g/mol. The topological polar surface area (TPSA) is 93.4 Å². The average molecular weight is 647 g/mol. The molecule has 4 aromatic carbocycles. The van der Waals surface area contributed by atoms with Crippen LogP contribution in [0.5, 0.6) is 46.3 Å². The molecule has 0 amide bonds. The molecule has 9 nitrogen and oxygen atoms in total. The lowest BCUT2D eigenvalue weighted by Crippen LogP contribution is -2.00. The lowest BCUT2D eigenvalue weighted by molar-refractivity contribution is 0.447. The summed E-state index contributed by atoms with van der Waals surface area (Å²) in [6.07, 6.45) is 6.61. The van der Waals surface area contributed by atoms with Gasteiger partial charge in [-0.05, 0) is 79.5 Å². The van der Waals surface area contributed by atoms with Gasteiger partial charge < -0.3 is 18.9 Å². The van der Waals surface area contributed by atoms with Crippen molar-refractivity contribution in [2.24, 2.45) is 0 Å². The van der Waals surface area contributed by atoms with Crippen molar-refractivity contribution in [1.29, 1.82) is 0 Å². The van der Waals surface area contributed by atoms with Crippen molar-refractivity contribution in [3.63, 3.8) is 0 Å². The Morgan fingerprint density at radius 1 is 0.490 bits per heavy atom. The molecule has 0 N–H and O–H groups in total. The zero-order valence-electron chi connectivity index (χ0n) is 29.1. The summed E-state index contributed by atoms with van der Waals surface area (Å²) in [5, 5.41) is 1.48. The van der Waals surface area contributed by atoms with Crippen molar-refractivity contribution >= 4 is 21.8 Å². The van der Waals surface area contributed by atoms with E-state index in [1.165, 1.54) is 0 Å². The summed E-state index contributed by atoms with van der Waals surface area (Å²) >= 11 is 0. The summed E-state index contributed by atoms with van der Waals surface area (Å²) in [6.45, 7) is -0.558. The fraction of sp³-hybridized carbons (Fsp3) is 0.0500. The maximum Gasteiger partial charge on any atom is 0.234 e. The van der Waals surface area contributed by atoms with Crippen molar-refractivity contribution in [3.05, 3.63) is 151 Å². The molecule has 9 heteroatoms. The molecule has 4 aromatic heterocycles. The van der Waals surface area contributed by atoms with Crippen LogP contribution in [0.1, 0.15) is 15.2 Å². The lowest BCUT2D eigenvalue weighted by atomic mass is 10.1. The zero-order chi connectivity index (χ0) is 35.7. The molecule has 8 aromatic rings. The van der Waals surface area contributed by atoms with Crippen LogP contribution in [0, 0.1) is 13.8 Å². The van der Waals surface area contributed by atoms with E-state index in [1.807, 2.05) is 60.0 Å². The largest absolute Gasteiger partial charge is 0.457 e. The summed E-state index contributed by atoms with van der Waals surface area (Å²) in [7, 11) is 0. The van der Waals surface area contributed by atoms with Crippen LogP contribution < -0.4 is 18.9 Å². The quantitative estimate of drug-likeness (QED) is 0.153. The van der Waals surface area contributed by atoms with E-state index in [1.54, 1.807) is 91.5 Å². The SMILES string of the molecule is [2H]C([2H])([2H])c1cc2c3cc(C)c(Oc4cccc(Oc5ccccn5)c4)cc3n(-c3ncccn3)c2cc1Oc1cccc(Oc2ccccn2)c1. The number of nitrogens with zero attached hydrogens (tertiary/aromatic N) is 5. The highest BCUT2D eigenvalue weighted by Crippen LogP contribution is 2.40. The number of aromatic nitrogens is 5. The molecule has 0 unspecified atom stereocenters. The minimum Gasteiger partial charge on any atom is -0.457 e. The van der Waals surface area contributed by atoms with Gasteiger partial charge >= 0.3 is 0 Å². The van der Waals surface area contributed by atoms with Crippen LogP contribution >= 0.6 is 0 Å². The Hall–Kier alpha value is -6.74. The van der Waals surface area contributed by atoms with E-state index in [2.05, 4.69) is 19.9 Å². The third-order valence-corrected chi connectivity index (χ3v) is 7.70. The second-order valence-electron chi connectivity index (χ2n) is 11.1. The van der Waals surface area contributed by atoms with Crippen LogP contribution in [0.15, 0.2) is 140 Å². The van der Waals surface area contributed by atoms with Crippen LogP contribution in [0.25, 0.3) is 27.8 Å². The Kier molecular flexibility index (Phi) is 6.89. The molecule has 0 saturated heterocycles. The third-order valence-electron chi connectivity index (χ3n) is 7.70. The Bertz CT molecular complexity index is 2530. The molecule has 238 valence electrons. The first-order valence-corrected chi connectivity index (χ1v) is 15.4. The van der Waals surface area contributed by atoms with Crippen molar-refractivity contribution < 1.29 is 23.1 Å². The molecule has 0 fully saturated rings. The first-order valence-electron chi connectivity index (χ1n) is 16.9. The maximum atomic E-state index is 8.47. The maximum absolute atomic E-state index is 8.47. The Morgan fingerprint density at radius 2 is 0.980 bits per heavy atom. The van der Waals surface area contributed by atoms with Gasteiger partial charge in [-0.2, -0.15) is 0 Å². The predicted molar refractivity (Wildman–Crippen MR) is 187 cm³/mol. The van der Waals surface area contributed by atoms with Gasteiger partial charge in [0.15, 0.2) is 0 Å². The molecular weight excluding hydrogens is 614 g/mol. The van der Waals surface area contributed by atoms with Gasteiger partial charge in [-0.15, -0.1) is 0 Å². The minimum atomic E-state index is -2.50. The standard InChI is InChI=1S/C40H29N5O4/c1-26-20-32-33-21-27(2)37(47-29-11-8-13-31(23-29)49-39-15-4-6-17-42-39)25-35(33)45(40-43-18-9-19-44-40)34(32)24-36(26)46-28-10-7-12-30(22-28)48-38-14-3-5-16-41-38/h3-25H,1-2H3/i1D3. The molecule has 0 spiro atoms. The molecule has 0 saturated carbocycles. The molecule has 0 bridgehead atoms. The molecule has 49 heavy (non-hydrogen) atoms. The molecule has 8 rings (SSSR count). The smallest absolute Gasteiger partial charge is 0.234 e. The Morgan fingerprint density at radius 3 is 1.49 bits per heavy atom. The predicted octanol–water partition coefficient (Wildman–Crippen LogP) is 10.1. The number of hydrogen-bond donors (Lipinski definition) is 0. The number of rotatable bonds is 9. The highest BCUT2D eigenvalue weighted by atomic mass is 16.5. The van der Waals surface area contributed by atoms with Gasteiger partial charge in [0, 0.05) is 76.1 Å². The van der Waals surface area contributed by atoms with E-state index >= 15 is 0 Å². The molecule has 0 aliphatic carbocycles. The molecule has 0 radical (unpaired) electrons. The number of pyridine rings is 2. The number of benzene rings is 4. The van der Waals surface area contributed by atoms with Crippen molar-refractivity contribution in [1.82, 2.24) is 24.5 Å². The lowest BCUT2D eigenvalue weighted by Gasteiger charge is -2.12. The van der Waals surface area contributed by atoms with Crippen LogP contribution in [0.2, 0.25) is 0 Å². The molecule has 0 atom stereocenters. The van der Waals surface area contributed by atoms with Gasteiger partial charge in [0.05, 0.1) is 11.0 Å². The Balaban J connectivity index is 1.23. The van der Waals surface area contributed by atoms with Gasteiger partial charge in [0.1, 0.15) is 34.5 Å².